The van der Waals surface area contributed by atoms with Crippen molar-refractivity contribution in [3.05, 3.63) is 29.6 Å². The summed E-state index contributed by atoms with van der Waals surface area (Å²) in [5.41, 5.74) is 0.155. The third-order valence-corrected chi connectivity index (χ3v) is 2.38. The van der Waals surface area contributed by atoms with Gasteiger partial charge in [-0.05, 0) is 17.7 Å². The Labute approximate surface area is 104 Å². The zero-order chi connectivity index (χ0) is 13.7. The first-order valence-electron chi connectivity index (χ1n) is 5.35. The third kappa shape index (κ3) is 3.19. The number of amides is 1. The Kier molecular flexibility index (Phi) is 4.65. The van der Waals surface area contributed by atoms with Gasteiger partial charge in [0.2, 0.25) is 5.91 Å². The molecule has 2 N–H and O–H groups in total. The highest BCUT2D eigenvalue weighted by Crippen LogP contribution is 2.22. The SMILES string of the molecule is CCC(=O)NC(C(=O)O)c1ccc(OC)c(F)c1. The van der Waals surface area contributed by atoms with E-state index in [0.29, 0.717) is 0 Å². The zero-order valence-corrected chi connectivity index (χ0v) is 10.1. The molecule has 0 aliphatic heterocycles. The number of benzene rings is 1. The number of rotatable bonds is 5. The molecule has 6 heteroatoms. The molecule has 0 aliphatic carbocycles. The van der Waals surface area contributed by atoms with Gasteiger partial charge in [-0.3, -0.25) is 4.79 Å². The molecule has 1 atom stereocenters. The Balaban J connectivity index is 3.03. The van der Waals surface area contributed by atoms with Crippen molar-refractivity contribution in [2.24, 2.45) is 0 Å². The van der Waals surface area contributed by atoms with Crippen LogP contribution in [0.1, 0.15) is 24.9 Å². The molecular weight excluding hydrogens is 241 g/mol. The van der Waals surface area contributed by atoms with Crippen LogP contribution in [0.5, 0.6) is 5.75 Å². The van der Waals surface area contributed by atoms with Gasteiger partial charge in [-0.1, -0.05) is 13.0 Å². The number of carboxylic acids is 1. The highest BCUT2D eigenvalue weighted by molar-refractivity contribution is 5.84. The number of nitrogens with one attached hydrogen (secondary N) is 1. The van der Waals surface area contributed by atoms with E-state index in [2.05, 4.69) is 5.32 Å². The smallest absolute Gasteiger partial charge is 0.330 e. The van der Waals surface area contributed by atoms with Crippen LogP contribution < -0.4 is 10.1 Å². The molecule has 1 amide bonds. The molecular formula is C12H14FNO4. The molecule has 18 heavy (non-hydrogen) atoms. The van der Waals surface area contributed by atoms with Crippen molar-refractivity contribution in [1.82, 2.24) is 5.32 Å². The number of ether oxygens (including phenoxy) is 1. The molecule has 1 aromatic carbocycles. The summed E-state index contributed by atoms with van der Waals surface area (Å²) in [5, 5.41) is 11.3. The first kappa shape index (κ1) is 14.0. The van der Waals surface area contributed by atoms with Gasteiger partial charge in [0.1, 0.15) is 0 Å². The number of methoxy groups -OCH3 is 1. The van der Waals surface area contributed by atoms with E-state index in [1.54, 1.807) is 6.92 Å². The van der Waals surface area contributed by atoms with Crippen molar-refractivity contribution in [2.75, 3.05) is 7.11 Å². The maximum atomic E-state index is 13.5. The Bertz CT molecular complexity index is 461. The van der Waals surface area contributed by atoms with Crippen LogP contribution in [0.2, 0.25) is 0 Å². The molecule has 0 bridgehead atoms. The average molecular weight is 255 g/mol. The molecule has 0 aromatic heterocycles. The Morgan fingerprint density at radius 1 is 1.50 bits per heavy atom. The van der Waals surface area contributed by atoms with Gasteiger partial charge in [0.25, 0.3) is 0 Å². The number of halogens is 1. The molecule has 1 rings (SSSR count). The summed E-state index contributed by atoms with van der Waals surface area (Å²) in [6, 6.07) is 2.49. The highest BCUT2D eigenvalue weighted by atomic mass is 19.1. The van der Waals surface area contributed by atoms with E-state index in [-0.39, 0.29) is 17.7 Å². The van der Waals surface area contributed by atoms with Gasteiger partial charge >= 0.3 is 5.97 Å². The van der Waals surface area contributed by atoms with E-state index in [4.69, 9.17) is 9.84 Å². The molecule has 0 spiro atoms. The quantitative estimate of drug-likeness (QED) is 0.835. The van der Waals surface area contributed by atoms with Crippen molar-refractivity contribution in [3.8, 4) is 5.75 Å². The van der Waals surface area contributed by atoms with Crippen LogP contribution in [0.3, 0.4) is 0 Å². The molecule has 0 saturated heterocycles. The second kappa shape index (κ2) is 6.00. The lowest BCUT2D eigenvalue weighted by Crippen LogP contribution is -2.33. The maximum absolute atomic E-state index is 13.5. The van der Waals surface area contributed by atoms with Gasteiger partial charge in [-0.2, -0.15) is 0 Å². The summed E-state index contributed by atoms with van der Waals surface area (Å²) >= 11 is 0. The molecule has 0 heterocycles. The summed E-state index contributed by atoms with van der Waals surface area (Å²) in [5.74, 6) is -2.32. The molecule has 1 aromatic rings. The fourth-order valence-corrected chi connectivity index (χ4v) is 1.41. The van der Waals surface area contributed by atoms with Gasteiger partial charge in [-0.25, -0.2) is 9.18 Å². The second-order valence-electron chi connectivity index (χ2n) is 3.59. The Morgan fingerprint density at radius 3 is 2.61 bits per heavy atom. The molecule has 0 radical (unpaired) electrons. The van der Waals surface area contributed by atoms with E-state index in [0.717, 1.165) is 6.07 Å². The topological polar surface area (TPSA) is 75.6 Å². The highest BCUT2D eigenvalue weighted by Gasteiger charge is 2.22. The standard InChI is InChI=1S/C12H14FNO4/c1-3-10(15)14-11(12(16)17)7-4-5-9(18-2)8(13)6-7/h4-6,11H,3H2,1-2H3,(H,14,15)(H,16,17). The minimum absolute atomic E-state index is 0.0182. The zero-order valence-electron chi connectivity index (χ0n) is 10.1. The largest absolute Gasteiger partial charge is 0.494 e. The van der Waals surface area contributed by atoms with Crippen LogP contribution in [-0.4, -0.2) is 24.1 Å². The lowest BCUT2D eigenvalue weighted by molar-refractivity contribution is -0.142. The summed E-state index contributed by atoms with van der Waals surface area (Å²) in [6.45, 7) is 1.60. The van der Waals surface area contributed by atoms with Crippen molar-refractivity contribution in [3.63, 3.8) is 0 Å². The minimum Gasteiger partial charge on any atom is -0.494 e. The summed E-state index contributed by atoms with van der Waals surface area (Å²) < 4.78 is 18.2. The van der Waals surface area contributed by atoms with Gasteiger partial charge in [0, 0.05) is 6.42 Å². The van der Waals surface area contributed by atoms with E-state index in [9.17, 15) is 14.0 Å². The van der Waals surface area contributed by atoms with Crippen molar-refractivity contribution in [2.45, 2.75) is 19.4 Å². The van der Waals surface area contributed by atoms with Crippen LogP contribution in [0.25, 0.3) is 0 Å². The van der Waals surface area contributed by atoms with Crippen LogP contribution in [0.15, 0.2) is 18.2 Å². The molecule has 0 fully saturated rings. The summed E-state index contributed by atoms with van der Waals surface area (Å²) in [6.07, 6.45) is 0.155. The lowest BCUT2D eigenvalue weighted by atomic mass is 10.1. The Hall–Kier alpha value is -2.11. The molecule has 98 valence electrons. The minimum atomic E-state index is -1.27. The van der Waals surface area contributed by atoms with Crippen molar-refractivity contribution >= 4 is 11.9 Å². The van der Waals surface area contributed by atoms with Gasteiger partial charge in [0.05, 0.1) is 7.11 Å². The molecule has 1 unspecified atom stereocenters. The second-order valence-corrected chi connectivity index (χ2v) is 3.59. The molecule has 0 saturated carbocycles. The van der Waals surface area contributed by atoms with Crippen LogP contribution in [0.4, 0.5) is 4.39 Å². The lowest BCUT2D eigenvalue weighted by Gasteiger charge is -2.15. The van der Waals surface area contributed by atoms with E-state index in [1.807, 2.05) is 0 Å². The maximum Gasteiger partial charge on any atom is 0.330 e. The number of hydrogen-bond donors (Lipinski definition) is 2. The van der Waals surface area contributed by atoms with Gasteiger partial charge < -0.3 is 15.2 Å². The number of carboxylic acid groups (broad SMARTS) is 1. The van der Waals surface area contributed by atoms with Crippen LogP contribution in [0, 0.1) is 5.82 Å². The summed E-state index contributed by atoms with van der Waals surface area (Å²) in [4.78, 5) is 22.3. The fourth-order valence-electron chi connectivity index (χ4n) is 1.41. The monoisotopic (exact) mass is 255 g/mol. The fraction of sp³-hybridized carbons (Fsp3) is 0.333. The number of carbonyl (C=O) groups is 2. The van der Waals surface area contributed by atoms with Crippen LogP contribution in [-0.2, 0) is 9.59 Å². The predicted molar refractivity (Wildman–Crippen MR) is 61.8 cm³/mol. The first-order valence-corrected chi connectivity index (χ1v) is 5.35. The third-order valence-electron chi connectivity index (χ3n) is 2.38. The van der Waals surface area contributed by atoms with Crippen molar-refractivity contribution in [1.29, 1.82) is 0 Å². The number of hydrogen-bond acceptors (Lipinski definition) is 3. The predicted octanol–water partition coefficient (Wildman–Crippen LogP) is 1.49. The normalized spacial score (nSPS) is 11.7. The number of carbonyl (C=O) groups excluding carboxylic acids is 1. The van der Waals surface area contributed by atoms with E-state index < -0.39 is 23.7 Å². The van der Waals surface area contributed by atoms with E-state index >= 15 is 0 Å². The first-order chi connectivity index (χ1) is 8.49. The molecule has 0 aliphatic rings. The van der Waals surface area contributed by atoms with Gasteiger partial charge in [-0.15, -0.1) is 0 Å². The summed E-state index contributed by atoms with van der Waals surface area (Å²) in [7, 11) is 1.31. The van der Waals surface area contributed by atoms with Crippen molar-refractivity contribution < 1.29 is 23.8 Å². The number of aliphatic carboxylic acids is 1. The van der Waals surface area contributed by atoms with Gasteiger partial charge in [0.15, 0.2) is 17.6 Å². The van der Waals surface area contributed by atoms with Crippen LogP contribution >= 0.6 is 0 Å². The van der Waals surface area contributed by atoms with E-state index in [1.165, 1.54) is 19.2 Å². The Morgan fingerprint density at radius 2 is 2.17 bits per heavy atom. The molecule has 5 nitrogen and oxygen atoms in total. The average Bonchev–Trinajstić information content (AvgIpc) is 2.35.